The van der Waals surface area contributed by atoms with Crippen molar-refractivity contribution in [2.24, 2.45) is 16.6 Å². The molecule has 3 heterocycles. The van der Waals surface area contributed by atoms with Crippen molar-refractivity contribution in [3.05, 3.63) is 113 Å². The van der Waals surface area contributed by atoms with Gasteiger partial charge in [0, 0.05) is 29.7 Å². The van der Waals surface area contributed by atoms with E-state index in [-0.39, 0.29) is 0 Å². The van der Waals surface area contributed by atoms with Crippen LogP contribution in [0.25, 0.3) is 27.2 Å². The van der Waals surface area contributed by atoms with Crippen LogP contribution in [-0.2, 0) is 0 Å². The third-order valence-electron chi connectivity index (χ3n) is 7.30. The Morgan fingerprint density at radius 3 is 2.67 bits per heavy atom. The number of fused-ring (bicyclic) bond motifs is 1. The maximum atomic E-state index is 6.41. The van der Waals surface area contributed by atoms with E-state index < -0.39 is 0 Å². The van der Waals surface area contributed by atoms with Crippen molar-refractivity contribution in [2.45, 2.75) is 51.9 Å². The molecule has 8 heteroatoms. The molecular formula is C34H39ClN6S. The van der Waals surface area contributed by atoms with Crippen LogP contribution in [0.5, 0.6) is 0 Å². The number of nitrogens with zero attached hydrogens (tertiary/aromatic N) is 3. The Labute approximate surface area is 257 Å². The van der Waals surface area contributed by atoms with Gasteiger partial charge in [-0.25, -0.2) is 4.98 Å². The number of hydrogen-bond donors (Lipinski definition) is 3. The van der Waals surface area contributed by atoms with Crippen molar-refractivity contribution in [3.8, 4) is 10.6 Å². The molecule has 3 aromatic rings. The molecule has 0 aliphatic heterocycles. The van der Waals surface area contributed by atoms with Gasteiger partial charge in [0.05, 0.1) is 20.4 Å². The number of rotatable bonds is 13. The van der Waals surface area contributed by atoms with Crippen LogP contribution in [0.2, 0.25) is 4.34 Å². The largest absolute Gasteiger partial charge is 0.402 e. The van der Waals surface area contributed by atoms with Crippen LogP contribution >= 0.6 is 22.9 Å². The second-order valence-electron chi connectivity index (χ2n) is 10.5. The molecule has 0 radical (unpaired) electrons. The molecule has 6 nitrogen and oxygen atoms in total. The Balaban J connectivity index is 1.44. The van der Waals surface area contributed by atoms with Crippen LogP contribution in [0.4, 0.5) is 0 Å². The maximum Gasteiger partial charge on any atom is 0.134 e. The number of aliphatic imine (C=N–C) groups is 1. The fourth-order valence-electron chi connectivity index (χ4n) is 5.15. The van der Waals surface area contributed by atoms with Gasteiger partial charge in [0.25, 0.3) is 0 Å². The third kappa shape index (κ3) is 8.08. The molecule has 0 spiro atoms. The van der Waals surface area contributed by atoms with Crippen molar-refractivity contribution < 1.29 is 0 Å². The summed E-state index contributed by atoms with van der Waals surface area (Å²) >= 11 is 7.61. The first-order chi connectivity index (χ1) is 20.3. The van der Waals surface area contributed by atoms with E-state index in [2.05, 4.69) is 46.7 Å². The summed E-state index contributed by atoms with van der Waals surface area (Å²) in [5.74, 6) is 1.37. The lowest BCUT2D eigenvalue weighted by molar-refractivity contribution is 0.353. The highest BCUT2D eigenvalue weighted by atomic mass is 35.5. The number of H-pyrrole nitrogens is 1. The number of aromatic amines is 1. The first-order valence-electron chi connectivity index (χ1n) is 14.2. The molecule has 4 N–H and O–H groups in total. The van der Waals surface area contributed by atoms with Gasteiger partial charge >= 0.3 is 0 Å². The van der Waals surface area contributed by atoms with Gasteiger partial charge in [-0.05, 0) is 79.6 Å². The highest BCUT2D eigenvalue weighted by molar-refractivity contribution is 7.19. The van der Waals surface area contributed by atoms with E-state index in [1.807, 2.05) is 49.4 Å². The molecule has 3 aromatic heterocycles. The minimum Gasteiger partial charge on any atom is -0.402 e. The summed E-state index contributed by atoms with van der Waals surface area (Å²) in [5, 5.41) is 3.44. The fraction of sp³-hybridized carbons (Fsp3) is 0.265. The zero-order valence-corrected chi connectivity index (χ0v) is 25.8. The normalized spacial score (nSPS) is 15.6. The average molecular weight is 599 g/mol. The van der Waals surface area contributed by atoms with Crippen molar-refractivity contribution >= 4 is 46.3 Å². The fourth-order valence-corrected chi connectivity index (χ4v) is 6.19. The molecule has 1 fully saturated rings. The molecule has 0 amide bonds. The number of allylic oxidation sites excluding steroid dienone is 7. The van der Waals surface area contributed by atoms with Crippen molar-refractivity contribution in [1.29, 1.82) is 0 Å². The van der Waals surface area contributed by atoms with Gasteiger partial charge in [-0.3, -0.25) is 9.98 Å². The lowest BCUT2D eigenvalue weighted by atomic mass is 9.86. The second-order valence-corrected chi connectivity index (χ2v) is 12.2. The Hall–Kier alpha value is -3.94. The van der Waals surface area contributed by atoms with Crippen LogP contribution in [0.1, 0.15) is 57.7 Å². The Morgan fingerprint density at radius 2 is 2.00 bits per heavy atom. The Kier molecular flexibility index (Phi) is 10.9. The van der Waals surface area contributed by atoms with Gasteiger partial charge < -0.3 is 16.0 Å². The third-order valence-corrected chi connectivity index (χ3v) is 8.54. The van der Waals surface area contributed by atoms with Crippen LogP contribution in [0.3, 0.4) is 0 Å². The predicted molar refractivity (Wildman–Crippen MR) is 181 cm³/mol. The molecule has 218 valence electrons. The molecule has 0 bridgehead atoms. The number of imidazole rings is 1. The second kappa shape index (κ2) is 14.8. The topological polar surface area (TPSA) is 92.0 Å². The maximum absolute atomic E-state index is 6.41. The highest BCUT2D eigenvalue weighted by Crippen LogP contribution is 2.34. The van der Waals surface area contributed by atoms with Crippen LogP contribution in [0, 0.1) is 5.92 Å². The number of nitrogens with one attached hydrogen (secondary N) is 2. The molecule has 1 aliphatic rings. The summed E-state index contributed by atoms with van der Waals surface area (Å²) in [7, 11) is 0. The number of nitrogens with two attached hydrogens (primary N) is 1. The van der Waals surface area contributed by atoms with E-state index in [1.165, 1.54) is 43.4 Å². The highest BCUT2D eigenvalue weighted by Gasteiger charge is 2.16. The Bertz CT molecular complexity index is 1590. The van der Waals surface area contributed by atoms with Gasteiger partial charge in [0.2, 0.25) is 0 Å². The van der Waals surface area contributed by atoms with Crippen molar-refractivity contribution in [2.75, 3.05) is 0 Å². The number of thiophene rings is 1. The van der Waals surface area contributed by atoms with E-state index in [1.54, 1.807) is 12.3 Å². The first-order valence-corrected chi connectivity index (χ1v) is 15.4. The SMILES string of the molecule is C=C\C(=C/C(=C\C)C(=C/C=C(/N)CC(=C)c1nc2c(-c3ccc(Cl)s3)nccc2[nH]1)/N=C)NC(=C)CC1CCCCC1. The van der Waals surface area contributed by atoms with Gasteiger partial charge in [-0.2, -0.15) is 0 Å². The molecule has 0 unspecified atom stereocenters. The zero-order valence-electron chi connectivity index (χ0n) is 24.3. The van der Waals surface area contributed by atoms with E-state index in [9.17, 15) is 0 Å². The summed E-state index contributed by atoms with van der Waals surface area (Å²) in [6.45, 7) is 18.2. The molecule has 0 aromatic carbocycles. The minimum absolute atomic E-state index is 0.426. The summed E-state index contributed by atoms with van der Waals surface area (Å²) < 4.78 is 0.706. The molecular weight excluding hydrogens is 560 g/mol. The van der Waals surface area contributed by atoms with E-state index in [0.29, 0.717) is 33.9 Å². The molecule has 42 heavy (non-hydrogen) atoms. The first kappa shape index (κ1) is 31.0. The molecule has 4 rings (SSSR count). The van der Waals surface area contributed by atoms with Gasteiger partial charge in [0.1, 0.15) is 17.0 Å². The smallest absolute Gasteiger partial charge is 0.134 e. The van der Waals surface area contributed by atoms with Gasteiger partial charge in [0.15, 0.2) is 0 Å². The number of aromatic nitrogens is 3. The monoisotopic (exact) mass is 598 g/mol. The molecule has 0 saturated heterocycles. The van der Waals surface area contributed by atoms with Crippen molar-refractivity contribution in [1.82, 2.24) is 20.3 Å². The summed E-state index contributed by atoms with van der Waals surface area (Å²) in [5.41, 5.74) is 13.7. The van der Waals surface area contributed by atoms with Crippen LogP contribution in [-0.4, -0.2) is 21.7 Å². The van der Waals surface area contributed by atoms with Crippen LogP contribution in [0.15, 0.2) is 108 Å². The summed E-state index contributed by atoms with van der Waals surface area (Å²) in [6, 6.07) is 5.70. The predicted octanol–water partition coefficient (Wildman–Crippen LogP) is 9.26. The number of halogens is 1. The van der Waals surface area contributed by atoms with E-state index in [4.69, 9.17) is 22.3 Å². The summed E-state index contributed by atoms with van der Waals surface area (Å²) in [4.78, 5) is 17.9. The Morgan fingerprint density at radius 1 is 1.21 bits per heavy atom. The number of pyridine rings is 1. The summed E-state index contributed by atoms with van der Waals surface area (Å²) in [6.07, 6.45) is 19.2. The standard InChI is InChI=1S/C34H39ClN6S/c1-6-25(21-27(7-2)39-23(4)20-24-11-9-8-10-12-24)28(37-5)14-13-26(36)19-22(3)34-40-29-17-18-38-33(32(29)41-34)30-15-16-31(35)42-30/h6-7,13-18,21,24,39H,2-5,8-12,19-20,36H2,1H3,(H,40,41)/b25-6+,26-13+,27-21+,28-14-. The average Bonchev–Trinajstić information content (AvgIpc) is 3.63. The minimum atomic E-state index is 0.426. The lowest BCUT2D eigenvalue weighted by Gasteiger charge is -2.23. The van der Waals surface area contributed by atoms with Gasteiger partial charge in [-0.15, -0.1) is 11.3 Å². The molecule has 1 saturated carbocycles. The zero-order chi connectivity index (χ0) is 30.1. The van der Waals surface area contributed by atoms with Crippen molar-refractivity contribution in [3.63, 3.8) is 0 Å². The number of hydrogen-bond acceptors (Lipinski definition) is 6. The van der Waals surface area contributed by atoms with E-state index >= 15 is 0 Å². The van der Waals surface area contributed by atoms with Gasteiger partial charge in [-0.1, -0.05) is 69.5 Å². The lowest BCUT2D eigenvalue weighted by Crippen LogP contribution is -2.16. The molecule has 0 atom stereocenters. The molecule has 1 aliphatic carbocycles. The van der Waals surface area contributed by atoms with E-state index in [0.717, 1.165) is 50.6 Å². The van der Waals surface area contributed by atoms with Crippen LogP contribution < -0.4 is 11.1 Å². The quantitative estimate of drug-likeness (QED) is 0.135.